The van der Waals surface area contributed by atoms with Crippen molar-refractivity contribution in [2.45, 2.75) is 13.8 Å². The van der Waals surface area contributed by atoms with Crippen molar-refractivity contribution >= 4 is 23.6 Å². The van der Waals surface area contributed by atoms with Crippen molar-refractivity contribution in [3.8, 4) is 0 Å². The molecule has 0 atom stereocenters. The Labute approximate surface area is 87.3 Å². The predicted octanol–water partition coefficient (Wildman–Crippen LogP) is 0.986. The van der Waals surface area contributed by atoms with Crippen LogP contribution in [0.3, 0.4) is 0 Å². The summed E-state index contributed by atoms with van der Waals surface area (Å²) < 4.78 is 4.77. The Bertz CT molecular complexity index is 275. The molecule has 0 aromatic carbocycles. The van der Waals surface area contributed by atoms with E-state index in [0.29, 0.717) is 23.9 Å². The molecule has 0 radical (unpaired) electrons. The lowest BCUT2D eigenvalue weighted by atomic mass is 10.5. The summed E-state index contributed by atoms with van der Waals surface area (Å²) in [6, 6.07) is 0. The second kappa shape index (κ2) is 5.05. The molecule has 4 nitrogen and oxygen atoms in total. The number of nitrogens with zero attached hydrogens (tertiary/aromatic N) is 1. The highest BCUT2D eigenvalue weighted by atomic mass is 32.2. The average molecular weight is 215 g/mol. The molecule has 1 aliphatic rings. The molecule has 5 heteroatoms. The van der Waals surface area contributed by atoms with Crippen LogP contribution in [0.5, 0.6) is 0 Å². The van der Waals surface area contributed by atoms with Gasteiger partial charge in [0.05, 0.1) is 23.5 Å². The maximum absolute atomic E-state index is 11.3. The van der Waals surface area contributed by atoms with Crippen LogP contribution in [0.15, 0.2) is 11.1 Å². The van der Waals surface area contributed by atoms with Crippen LogP contribution in [-0.2, 0) is 14.3 Å². The third kappa shape index (κ3) is 2.51. The van der Waals surface area contributed by atoms with Crippen LogP contribution in [0.2, 0.25) is 0 Å². The van der Waals surface area contributed by atoms with Crippen LogP contribution in [0, 0.1) is 0 Å². The van der Waals surface area contributed by atoms with Crippen molar-refractivity contribution in [3.05, 3.63) is 11.1 Å². The minimum atomic E-state index is -0.386. The summed E-state index contributed by atoms with van der Waals surface area (Å²) in [6.07, 6.45) is 1.38. The van der Waals surface area contributed by atoms with E-state index in [-0.39, 0.29) is 11.9 Å². The zero-order valence-corrected chi connectivity index (χ0v) is 9.10. The van der Waals surface area contributed by atoms with Crippen molar-refractivity contribution in [1.82, 2.24) is 4.90 Å². The molecule has 1 fully saturated rings. The molecule has 14 heavy (non-hydrogen) atoms. The van der Waals surface area contributed by atoms with Gasteiger partial charge in [0.1, 0.15) is 0 Å². The van der Waals surface area contributed by atoms with Gasteiger partial charge < -0.3 is 9.64 Å². The molecule has 0 unspecified atom stereocenters. The minimum Gasteiger partial charge on any atom is -0.463 e. The topological polar surface area (TPSA) is 46.6 Å². The normalized spacial score (nSPS) is 19.1. The van der Waals surface area contributed by atoms with Gasteiger partial charge in [-0.15, -0.1) is 0 Å². The summed E-state index contributed by atoms with van der Waals surface area (Å²) in [4.78, 5) is 24.0. The number of hydrogen-bond acceptors (Lipinski definition) is 4. The van der Waals surface area contributed by atoms with E-state index in [1.165, 1.54) is 17.8 Å². The predicted molar refractivity (Wildman–Crippen MR) is 54.6 cm³/mol. The molecular weight excluding hydrogens is 202 g/mol. The van der Waals surface area contributed by atoms with E-state index in [1.54, 1.807) is 11.8 Å². The van der Waals surface area contributed by atoms with E-state index in [2.05, 4.69) is 0 Å². The van der Waals surface area contributed by atoms with Gasteiger partial charge in [-0.2, -0.15) is 0 Å². The summed E-state index contributed by atoms with van der Waals surface area (Å²) in [5, 5.41) is 0.691. The Morgan fingerprint density at radius 2 is 2.36 bits per heavy atom. The number of thioether (sulfide) groups is 1. The molecule has 0 N–H and O–H groups in total. The van der Waals surface area contributed by atoms with Gasteiger partial charge in [-0.3, -0.25) is 4.79 Å². The fourth-order valence-corrected chi connectivity index (χ4v) is 2.14. The van der Waals surface area contributed by atoms with E-state index >= 15 is 0 Å². The Kier molecular flexibility index (Phi) is 4.00. The highest BCUT2D eigenvalue weighted by Gasteiger charge is 2.25. The highest BCUT2D eigenvalue weighted by molar-refractivity contribution is 8.04. The zero-order valence-electron chi connectivity index (χ0n) is 8.28. The van der Waals surface area contributed by atoms with Crippen molar-refractivity contribution in [2.75, 3.05) is 18.9 Å². The van der Waals surface area contributed by atoms with Crippen molar-refractivity contribution in [1.29, 1.82) is 0 Å². The van der Waals surface area contributed by atoms with E-state index in [0.717, 1.165) is 0 Å². The van der Waals surface area contributed by atoms with E-state index in [1.807, 2.05) is 6.92 Å². The fraction of sp³-hybridized carbons (Fsp3) is 0.556. The number of hydrogen-bond donors (Lipinski definition) is 0. The van der Waals surface area contributed by atoms with E-state index in [9.17, 15) is 9.59 Å². The monoisotopic (exact) mass is 215 g/mol. The van der Waals surface area contributed by atoms with Crippen LogP contribution in [-0.4, -0.2) is 35.7 Å². The van der Waals surface area contributed by atoms with Gasteiger partial charge in [0, 0.05) is 6.54 Å². The Balaban J connectivity index is 2.67. The lowest BCUT2D eigenvalue weighted by Gasteiger charge is -2.13. The number of rotatable bonds is 3. The first-order chi connectivity index (χ1) is 6.69. The molecule has 1 aliphatic heterocycles. The van der Waals surface area contributed by atoms with Gasteiger partial charge >= 0.3 is 5.97 Å². The second-order valence-corrected chi connectivity index (χ2v) is 3.66. The molecule has 0 spiro atoms. The molecule has 78 valence electrons. The van der Waals surface area contributed by atoms with E-state index < -0.39 is 0 Å². The molecule has 0 saturated carbocycles. The van der Waals surface area contributed by atoms with Crippen LogP contribution in [0.25, 0.3) is 0 Å². The molecule has 1 heterocycles. The van der Waals surface area contributed by atoms with Crippen LogP contribution >= 0.6 is 11.8 Å². The fourth-order valence-electron chi connectivity index (χ4n) is 1.15. The summed E-state index contributed by atoms with van der Waals surface area (Å²) in [5.74, 6) is 0.0789. The van der Waals surface area contributed by atoms with Gasteiger partial charge in [-0.25, -0.2) is 4.79 Å². The third-order valence-corrected chi connectivity index (χ3v) is 2.78. The molecule has 0 aromatic heterocycles. The largest absolute Gasteiger partial charge is 0.463 e. The summed E-state index contributed by atoms with van der Waals surface area (Å²) in [6.45, 7) is 4.58. The van der Waals surface area contributed by atoms with Gasteiger partial charge in [0.2, 0.25) is 5.91 Å². The SMILES string of the molecule is CCOC(=O)/C=C1\SCC(=O)N1CC. The maximum atomic E-state index is 11.3. The summed E-state index contributed by atoms with van der Waals surface area (Å²) in [7, 11) is 0. The van der Waals surface area contributed by atoms with Gasteiger partial charge in [0.25, 0.3) is 0 Å². The maximum Gasteiger partial charge on any atom is 0.333 e. The average Bonchev–Trinajstić information content (AvgIpc) is 2.47. The Hall–Kier alpha value is -0.970. The smallest absolute Gasteiger partial charge is 0.333 e. The molecule has 0 bridgehead atoms. The highest BCUT2D eigenvalue weighted by Crippen LogP contribution is 2.28. The molecule has 0 aromatic rings. The van der Waals surface area contributed by atoms with Crippen LogP contribution in [0.4, 0.5) is 0 Å². The zero-order chi connectivity index (χ0) is 10.6. The first-order valence-electron chi connectivity index (χ1n) is 4.50. The first kappa shape index (κ1) is 11.1. The van der Waals surface area contributed by atoms with Gasteiger partial charge in [0.15, 0.2) is 0 Å². The standard InChI is InChI=1S/C9H13NO3S/c1-3-10-7(11)6-14-8(10)5-9(12)13-4-2/h5H,3-4,6H2,1-2H3/b8-5-. The van der Waals surface area contributed by atoms with Crippen LogP contribution in [0.1, 0.15) is 13.8 Å². The second-order valence-electron chi connectivity index (χ2n) is 2.66. The van der Waals surface area contributed by atoms with Crippen molar-refractivity contribution in [3.63, 3.8) is 0 Å². The lowest BCUT2D eigenvalue weighted by Crippen LogP contribution is -2.24. The van der Waals surface area contributed by atoms with Crippen molar-refractivity contribution in [2.24, 2.45) is 0 Å². The quantitative estimate of drug-likeness (QED) is 0.520. The number of amides is 1. The first-order valence-corrected chi connectivity index (χ1v) is 5.49. The van der Waals surface area contributed by atoms with E-state index in [4.69, 9.17) is 4.74 Å². The molecular formula is C9H13NO3S. The summed E-state index contributed by atoms with van der Waals surface area (Å²) in [5.41, 5.74) is 0. The lowest BCUT2D eigenvalue weighted by molar-refractivity contribution is -0.137. The Morgan fingerprint density at radius 3 is 2.93 bits per heavy atom. The minimum absolute atomic E-state index is 0.0491. The van der Waals surface area contributed by atoms with Gasteiger partial charge in [-0.1, -0.05) is 11.8 Å². The Morgan fingerprint density at radius 1 is 1.64 bits per heavy atom. The molecule has 0 aliphatic carbocycles. The van der Waals surface area contributed by atoms with Crippen LogP contribution < -0.4 is 0 Å². The molecule has 1 amide bonds. The van der Waals surface area contributed by atoms with Gasteiger partial charge in [-0.05, 0) is 13.8 Å². The number of ether oxygens (including phenoxy) is 1. The third-order valence-electron chi connectivity index (χ3n) is 1.75. The number of esters is 1. The number of carbonyl (C=O) groups is 2. The summed E-state index contributed by atoms with van der Waals surface area (Å²) >= 11 is 1.37. The van der Waals surface area contributed by atoms with Crippen molar-refractivity contribution < 1.29 is 14.3 Å². The molecule has 1 rings (SSSR count). The molecule has 1 saturated heterocycles. The number of carbonyl (C=O) groups excluding carboxylic acids is 2.